The number of carbonyl (C=O) groups is 1. The standard InChI is InChI=1S/C11H15NO4S2/c1-7-2-3-8(4-7)12-18(15,16)9-5-10(11(13)14)17-6-9/h5-8,12H,2-4H2,1H3,(H,13,14). The van der Waals surface area contributed by atoms with E-state index in [2.05, 4.69) is 11.6 Å². The lowest BCUT2D eigenvalue weighted by Gasteiger charge is -2.11. The molecular weight excluding hydrogens is 274 g/mol. The molecule has 100 valence electrons. The molecule has 0 saturated heterocycles. The zero-order chi connectivity index (χ0) is 13.3. The number of aromatic carboxylic acids is 1. The summed E-state index contributed by atoms with van der Waals surface area (Å²) < 4.78 is 26.7. The molecule has 0 aromatic carbocycles. The van der Waals surface area contributed by atoms with Gasteiger partial charge in [0, 0.05) is 11.4 Å². The van der Waals surface area contributed by atoms with E-state index in [-0.39, 0.29) is 15.8 Å². The van der Waals surface area contributed by atoms with Crippen LogP contribution in [0.3, 0.4) is 0 Å². The normalized spacial score (nSPS) is 24.3. The van der Waals surface area contributed by atoms with Crippen molar-refractivity contribution in [1.82, 2.24) is 4.72 Å². The number of nitrogens with one attached hydrogen (secondary N) is 1. The molecule has 2 atom stereocenters. The van der Waals surface area contributed by atoms with Crippen LogP contribution in [0.5, 0.6) is 0 Å². The van der Waals surface area contributed by atoms with Crippen LogP contribution in [0.25, 0.3) is 0 Å². The first-order valence-electron chi connectivity index (χ1n) is 5.72. The van der Waals surface area contributed by atoms with E-state index in [4.69, 9.17) is 5.11 Å². The second-order valence-corrected chi connectivity index (χ2v) is 7.31. The molecule has 1 aromatic rings. The van der Waals surface area contributed by atoms with Gasteiger partial charge < -0.3 is 5.11 Å². The number of carboxylic acid groups (broad SMARTS) is 1. The molecule has 2 N–H and O–H groups in total. The van der Waals surface area contributed by atoms with Crippen LogP contribution >= 0.6 is 11.3 Å². The Kier molecular flexibility index (Phi) is 3.74. The fourth-order valence-electron chi connectivity index (χ4n) is 2.17. The smallest absolute Gasteiger partial charge is 0.345 e. The fourth-order valence-corrected chi connectivity index (χ4v) is 4.57. The monoisotopic (exact) mass is 289 g/mol. The van der Waals surface area contributed by atoms with Crippen LogP contribution in [-0.4, -0.2) is 25.5 Å². The molecule has 0 amide bonds. The molecule has 18 heavy (non-hydrogen) atoms. The van der Waals surface area contributed by atoms with E-state index in [9.17, 15) is 13.2 Å². The van der Waals surface area contributed by atoms with Gasteiger partial charge in [-0.2, -0.15) is 0 Å². The third kappa shape index (κ3) is 2.90. The van der Waals surface area contributed by atoms with Crippen LogP contribution in [-0.2, 0) is 10.0 Å². The minimum atomic E-state index is -3.58. The number of thiophene rings is 1. The lowest BCUT2D eigenvalue weighted by Crippen LogP contribution is -2.32. The molecule has 1 aliphatic rings. The number of hydrogen-bond acceptors (Lipinski definition) is 4. The highest BCUT2D eigenvalue weighted by molar-refractivity contribution is 7.89. The molecule has 2 unspecified atom stereocenters. The Hall–Kier alpha value is -0.920. The first kappa shape index (κ1) is 13.5. The maximum absolute atomic E-state index is 12.0. The maximum atomic E-state index is 12.0. The van der Waals surface area contributed by atoms with Gasteiger partial charge in [0.05, 0.1) is 4.90 Å². The minimum absolute atomic E-state index is 0.0295. The second kappa shape index (κ2) is 4.99. The predicted octanol–water partition coefficient (Wildman–Crippen LogP) is 1.91. The van der Waals surface area contributed by atoms with Crippen LogP contribution in [0.15, 0.2) is 16.3 Å². The van der Waals surface area contributed by atoms with Gasteiger partial charge in [0.25, 0.3) is 0 Å². The van der Waals surface area contributed by atoms with Gasteiger partial charge >= 0.3 is 5.97 Å². The Balaban J connectivity index is 2.12. The first-order chi connectivity index (χ1) is 8.38. The lowest BCUT2D eigenvalue weighted by molar-refractivity contribution is 0.0702. The van der Waals surface area contributed by atoms with Gasteiger partial charge in [-0.15, -0.1) is 11.3 Å². The van der Waals surface area contributed by atoms with Gasteiger partial charge in [-0.25, -0.2) is 17.9 Å². The Labute approximate surface area is 110 Å². The van der Waals surface area contributed by atoms with Crippen LogP contribution in [0.2, 0.25) is 0 Å². The number of carboxylic acids is 1. The van der Waals surface area contributed by atoms with E-state index in [1.807, 2.05) is 0 Å². The van der Waals surface area contributed by atoms with Crippen molar-refractivity contribution < 1.29 is 18.3 Å². The van der Waals surface area contributed by atoms with Crippen molar-refractivity contribution in [2.24, 2.45) is 5.92 Å². The van der Waals surface area contributed by atoms with Crippen LogP contribution in [0.1, 0.15) is 35.9 Å². The van der Waals surface area contributed by atoms with Crippen LogP contribution < -0.4 is 4.72 Å². The number of rotatable bonds is 4. The first-order valence-corrected chi connectivity index (χ1v) is 8.09. The highest BCUT2D eigenvalue weighted by atomic mass is 32.2. The van der Waals surface area contributed by atoms with Crippen molar-refractivity contribution in [3.8, 4) is 0 Å². The van der Waals surface area contributed by atoms with Crippen molar-refractivity contribution in [2.75, 3.05) is 0 Å². The number of sulfonamides is 1. The third-order valence-corrected chi connectivity index (χ3v) is 5.68. The molecule has 1 heterocycles. The topological polar surface area (TPSA) is 83.5 Å². The average Bonchev–Trinajstić information content (AvgIpc) is 2.86. The molecule has 1 fully saturated rings. The minimum Gasteiger partial charge on any atom is -0.477 e. The molecule has 1 saturated carbocycles. The SMILES string of the molecule is CC1CCC(NS(=O)(=O)c2csc(C(=O)O)c2)C1. The van der Waals surface area contributed by atoms with Crippen molar-refractivity contribution >= 4 is 27.3 Å². The summed E-state index contributed by atoms with van der Waals surface area (Å²) in [4.78, 5) is 10.8. The van der Waals surface area contributed by atoms with E-state index < -0.39 is 16.0 Å². The molecule has 5 nitrogen and oxygen atoms in total. The van der Waals surface area contributed by atoms with Gasteiger partial charge in [0.15, 0.2) is 0 Å². The Morgan fingerprint density at radius 3 is 2.72 bits per heavy atom. The Morgan fingerprint density at radius 1 is 1.50 bits per heavy atom. The molecule has 0 spiro atoms. The largest absolute Gasteiger partial charge is 0.477 e. The summed E-state index contributed by atoms with van der Waals surface area (Å²) in [5.74, 6) is -0.564. The van der Waals surface area contributed by atoms with Crippen molar-refractivity contribution in [1.29, 1.82) is 0 Å². The van der Waals surface area contributed by atoms with Gasteiger partial charge in [-0.1, -0.05) is 6.92 Å². The zero-order valence-corrected chi connectivity index (χ0v) is 11.6. The quantitative estimate of drug-likeness (QED) is 0.887. The van der Waals surface area contributed by atoms with Gasteiger partial charge in [0.1, 0.15) is 4.88 Å². The summed E-state index contributed by atoms with van der Waals surface area (Å²) in [6, 6.07) is 1.17. The summed E-state index contributed by atoms with van der Waals surface area (Å²) in [6.45, 7) is 2.10. The molecule has 7 heteroatoms. The van der Waals surface area contributed by atoms with E-state index in [1.165, 1.54) is 11.4 Å². The molecular formula is C11H15NO4S2. The van der Waals surface area contributed by atoms with Crippen molar-refractivity contribution in [2.45, 2.75) is 37.1 Å². The van der Waals surface area contributed by atoms with Crippen molar-refractivity contribution in [3.63, 3.8) is 0 Å². The van der Waals surface area contributed by atoms with Crippen LogP contribution in [0.4, 0.5) is 0 Å². The van der Waals surface area contributed by atoms with E-state index in [1.54, 1.807) is 0 Å². The molecule has 2 rings (SSSR count). The second-order valence-electron chi connectivity index (χ2n) is 4.69. The maximum Gasteiger partial charge on any atom is 0.345 e. The Bertz CT molecular complexity index is 549. The van der Waals surface area contributed by atoms with E-state index in [0.717, 1.165) is 30.6 Å². The zero-order valence-electron chi connectivity index (χ0n) is 9.92. The van der Waals surface area contributed by atoms with Crippen LogP contribution in [0, 0.1) is 5.92 Å². The highest BCUT2D eigenvalue weighted by Gasteiger charge is 2.27. The van der Waals surface area contributed by atoms with Crippen molar-refractivity contribution in [3.05, 3.63) is 16.3 Å². The summed E-state index contributed by atoms with van der Waals surface area (Å²) in [5.41, 5.74) is 0. The highest BCUT2D eigenvalue weighted by Crippen LogP contribution is 2.27. The van der Waals surface area contributed by atoms with E-state index >= 15 is 0 Å². The molecule has 0 aliphatic heterocycles. The molecule has 0 radical (unpaired) electrons. The van der Waals surface area contributed by atoms with Gasteiger partial charge in [-0.3, -0.25) is 0 Å². The lowest BCUT2D eigenvalue weighted by atomic mass is 10.1. The predicted molar refractivity (Wildman–Crippen MR) is 68.4 cm³/mol. The third-order valence-electron chi connectivity index (χ3n) is 3.11. The average molecular weight is 289 g/mol. The Morgan fingerprint density at radius 2 is 2.22 bits per heavy atom. The summed E-state index contributed by atoms with van der Waals surface area (Å²) in [7, 11) is -3.58. The fraction of sp³-hybridized carbons (Fsp3) is 0.545. The van der Waals surface area contributed by atoms with E-state index in [0.29, 0.717) is 5.92 Å². The number of hydrogen-bond donors (Lipinski definition) is 2. The molecule has 1 aliphatic carbocycles. The summed E-state index contributed by atoms with van der Waals surface area (Å²) >= 11 is 0.924. The molecule has 0 bridgehead atoms. The summed E-state index contributed by atoms with van der Waals surface area (Å²) in [5, 5.41) is 10.1. The summed E-state index contributed by atoms with van der Waals surface area (Å²) in [6.07, 6.45) is 2.71. The molecule has 1 aromatic heterocycles. The van der Waals surface area contributed by atoms with Gasteiger partial charge in [0.2, 0.25) is 10.0 Å². The van der Waals surface area contributed by atoms with Gasteiger partial charge in [-0.05, 0) is 31.2 Å².